The van der Waals surface area contributed by atoms with E-state index in [0.29, 0.717) is 17.3 Å². The smallest absolute Gasteiger partial charge is 0.335 e. The highest BCUT2D eigenvalue weighted by Gasteiger charge is 2.16. The van der Waals surface area contributed by atoms with E-state index in [0.717, 1.165) is 17.1 Å². The fourth-order valence-corrected chi connectivity index (χ4v) is 2.70. The molecule has 0 atom stereocenters. The molecule has 1 N–H and O–H groups in total. The SMILES string of the molecule is O=C(O)c1cccc(-c2noc(C3=CCCS3)n2)c1. The van der Waals surface area contributed by atoms with Crippen molar-refractivity contribution >= 4 is 22.6 Å². The van der Waals surface area contributed by atoms with Gasteiger partial charge >= 0.3 is 5.97 Å². The summed E-state index contributed by atoms with van der Waals surface area (Å²) < 4.78 is 5.21. The van der Waals surface area contributed by atoms with Crippen LogP contribution in [0.2, 0.25) is 0 Å². The second-order valence-corrected chi connectivity index (χ2v) is 5.15. The third-order valence-electron chi connectivity index (χ3n) is 2.71. The maximum atomic E-state index is 10.9. The van der Waals surface area contributed by atoms with E-state index in [1.807, 2.05) is 0 Å². The molecule has 0 spiro atoms. The summed E-state index contributed by atoms with van der Waals surface area (Å²) in [5.74, 6) is 0.964. The van der Waals surface area contributed by atoms with E-state index in [-0.39, 0.29) is 5.56 Å². The lowest BCUT2D eigenvalue weighted by atomic mass is 10.1. The molecule has 0 amide bonds. The molecule has 1 aromatic heterocycles. The topological polar surface area (TPSA) is 76.2 Å². The van der Waals surface area contributed by atoms with Crippen molar-refractivity contribution in [3.8, 4) is 11.4 Å². The molecule has 0 aliphatic carbocycles. The summed E-state index contributed by atoms with van der Waals surface area (Å²) in [6.45, 7) is 0. The van der Waals surface area contributed by atoms with Crippen molar-refractivity contribution in [2.24, 2.45) is 0 Å². The van der Waals surface area contributed by atoms with Crippen LogP contribution >= 0.6 is 11.8 Å². The number of aromatic carboxylic acids is 1. The monoisotopic (exact) mass is 274 g/mol. The largest absolute Gasteiger partial charge is 0.478 e. The molecule has 2 heterocycles. The molecule has 2 aromatic rings. The molecule has 0 saturated carbocycles. The zero-order valence-electron chi connectivity index (χ0n) is 9.87. The molecule has 96 valence electrons. The van der Waals surface area contributed by atoms with E-state index in [1.54, 1.807) is 23.9 Å². The van der Waals surface area contributed by atoms with Crippen molar-refractivity contribution in [1.82, 2.24) is 10.1 Å². The Hall–Kier alpha value is -2.08. The highest BCUT2D eigenvalue weighted by molar-refractivity contribution is 8.08. The first-order chi connectivity index (χ1) is 9.24. The van der Waals surface area contributed by atoms with Gasteiger partial charge < -0.3 is 9.63 Å². The first kappa shape index (κ1) is 12.0. The number of hydrogen-bond acceptors (Lipinski definition) is 5. The van der Waals surface area contributed by atoms with Crippen molar-refractivity contribution < 1.29 is 14.4 Å². The lowest BCUT2D eigenvalue weighted by Crippen LogP contribution is -1.96. The average Bonchev–Trinajstić information content (AvgIpc) is 3.09. The van der Waals surface area contributed by atoms with Crippen LogP contribution in [0.3, 0.4) is 0 Å². The Kier molecular flexibility index (Phi) is 3.08. The number of carboxylic acids is 1. The Morgan fingerprint density at radius 3 is 3.05 bits per heavy atom. The number of carboxylic acid groups (broad SMARTS) is 1. The molecule has 0 bridgehead atoms. The lowest BCUT2D eigenvalue weighted by Gasteiger charge is -1.96. The van der Waals surface area contributed by atoms with Crippen LogP contribution in [-0.2, 0) is 0 Å². The van der Waals surface area contributed by atoms with Gasteiger partial charge in [0.05, 0.1) is 10.5 Å². The number of allylic oxidation sites excluding steroid dienone is 1. The van der Waals surface area contributed by atoms with Crippen molar-refractivity contribution in [3.63, 3.8) is 0 Å². The molecule has 1 aliphatic heterocycles. The summed E-state index contributed by atoms with van der Waals surface area (Å²) in [5.41, 5.74) is 0.844. The number of thioether (sulfide) groups is 1. The zero-order chi connectivity index (χ0) is 13.2. The van der Waals surface area contributed by atoms with Crippen molar-refractivity contribution in [2.75, 3.05) is 5.75 Å². The number of carbonyl (C=O) groups is 1. The summed E-state index contributed by atoms with van der Waals surface area (Å²) in [7, 11) is 0. The predicted octanol–water partition coefficient (Wildman–Crippen LogP) is 2.91. The van der Waals surface area contributed by atoms with Crippen LogP contribution in [0.25, 0.3) is 16.3 Å². The maximum absolute atomic E-state index is 10.9. The minimum atomic E-state index is -0.973. The van der Waals surface area contributed by atoms with E-state index in [2.05, 4.69) is 16.2 Å². The van der Waals surface area contributed by atoms with Crippen molar-refractivity contribution in [1.29, 1.82) is 0 Å². The van der Waals surface area contributed by atoms with Crippen LogP contribution in [0, 0.1) is 0 Å². The highest BCUT2D eigenvalue weighted by Crippen LogP contribution is 2.33. The molecule has 19 heavy (non-hydrogen) atoms. The van der Waals surface area contributed by atoms with E-state index >= 15 is 0 Å². The van der Waals surface area contributed by atoms with Crippen molar-refractivity contribution in [3.05, 3.63) is 41.8 Å². The van der Waals surface area contributed by atoms with Crippen LogP contribution in [0.15, 0.2) is 34.9 Å². The number of rotatable bonds is 3. The molecular formula is C13H10N2O3S. The fraction of sp³-hybridized carbons (Fsp3) is 0.154. The quantitative estimate of drug-likeness (QED) is 0.927. The lowest BCUT2D eigenvalue weighted by molar-refractivity contribution is 0.0697. The highest BCUT2D eigenvalue weighted by atomic mass is 32.2. The standard InChI is InChI=1S/C13H10N2O3S/c16-13(17)9-4-1-3-8(7-9)11-14-12(18-15-11)10-5-2-6-19-10/h1,3-5,7H,2,6H2,(H,16,17). The minimum absolute atomic E-state index is 0.207. The van der Waals surface area contributed by atoms with E-state index in [9.17, 15) is 4.79 Å². The van der Waals surface area contributed by atoms with E-state index in [1.165, 1.54) is 12.1 Å². The summed E-state index contributed by atoms with van der Waals surface area (Å²) in [5, 5.41) is 12.9. The summed E-state index contributed by atoms with van der Waals surface area (Å²) in [6, 6.07) is 6.49. The second-order valence-electron chi connectivity index (χ2n) is 4.01. The van der Waals surface area contributed by atoms with Crippen LogP contribution in [-0.4, -0.2) is 27.0 Å². The summed E-state index contributed by atoms with van der Waals surface area (Å²) in [6.07, 6.45) is 3.07. The molecule has 1 aliphatic rings. The normalized spacial score (nSPS) is 14.4. The Labute approximate surface area is 113 Å². The molecule has 0 fully saturated rings. The molecular weight excluding hydrogens is 264 g/mol. The Morgan fingerprint density at radius 1 is 1.42 bits per heavy atom. The first-order valence-electron chi connectivity index (χ1n) is 5.75. The number of nitrogens with zero attached hydrogens (tertiary/aromatic N) is 2. The zero-order valence-corrected chi connectivity index (χ0v) is 10.7. The Bertz CT molecular complexity index is 663. The van der Waals surface area contributed by atoms with Gasteiger partial charge in [-0.1, -0.05) is 23.4 Å². The van der Waals surface area contributed by atoms with Crippen LogP contribution in [0.1, 0.15) is 22.7 Å². The summed E-state index contributed by atoms with van der Waals surface area (Å²) >= 11 is 1.68. The number of hydrogen-bond donors (Lipinski definition) is 1. The average molecular weight is 274 g/mol. The van der Waals surface area contributed by atoms with Gasteiger partial charge in [0, 0.05) is 11.3 Å². The molecule has 5 nitrogen and oxygen atoms in total. The first-order valence-corrected chi connectivity index (χ1v) is 6.73. The van der Waals surface area contributed by atoms with Gasteiger partial charge in [-0.15, -0.1) is 11.8 Å². The molecule has 0 radical (unpaired) electrons. The third-order valence-corrected chi connectivity index (χ3v) is 3.80. The van der Waals surface area contributed by atoms with Gasteiger partial charge in [0.15, 0.2) is 0 Å². The van der Waals surface area contributed by atoms with Crippen molar-refractivity contribution in [2.45, 2.75) is 6.42 Å². The van der Waals surface area contributed by atoms with E-state index < -0.39 is 5.97 Å². The Balaban J connectivity index is 1.94. The number of aromatic nitrogens is 2. The van der Waals surface area contributed by atoms with Crippen LogP contribution < -0.4 is 0 Å². The van der Waals surface area contributed by atoms with Gasteiger partial charge in [0.1, 0.15) is 0 Å². The number of benzene rings is 1. The van der Waals surface area contributed by atoms with Gasteiger partial charge in [0.25, 0.3) is 5.89 Å². The predicted molar refractivity (Wildman–Crippen MR) is 71.7 cm³/mol. The van der Waals surface area contributed by atoms with Gasteiger partial charge in [-0.25, -0.2) is 4.79 Å². The van der Waals surface area contributed by atoms with Crippen LogP contribution in [0.5, 0.6) is 0 Å². The molecule has 6 heteroatoms. The second kappa shape index (κ2) is 4.89. The Morgan fingerprint density at radius 2 is 2.32 bits per heavy atom. The maximum Gasteiger partial charge on any atom is 0.335 e. The molecule has 0 unspecified atom stereocenters. The fourth-order valence-electron chi connectivity index (χ4n) is 1.80. The minimum Gasteiger partial charge on any atom is -0.478 e. The molecule has 1 aromatic carbocycles. The van der Waals surface area contributed by atoms with Gasteiger partial charge in [-0.3, -0.25) is 0 Å². The summed E-state index contributed by atoms with van der Waals surface area (Å²) in [4.78, 5) is 16.2. The molecule has 3 rings (SSSR count). The van der Waals surface area contributed by atoms with Gasteiger partial charge in [-0.05, 0) is 18.6 Å². The molecule has 0 saturated heterocycles. The van der Waals surface area contributed by atoms with Crippen LogP contribution in [0.4, 0.5) is 0 Å². The van der Waals surface area contributed by atoms with Gasteiger partial charge in [0.2, 0.25) is 5.82 Å². The third kappa shape index (κ3) is 2.39. The van der Waals surface area contributed by atoms with Gasteiger partial charge in [-0.2, -0.15) is 4.98 Å². The van der Waals surface area contributed by atoms with E-state index in [4.69, 9.17) is 9.63 Å².